The minimum absolute atomic E-state index is 0.0702. The number of carbonyl (C=O) groups excluding carboxylic acids is 1. The number of terminal acetylenes is 1. The molecule has 0 rings (SSSR count). The lowest BCUT2D eigenvalue weighted by atomic mass is 10.2. The van der Waals surface area contributed by atoms with E-state index < -0.39 is 0 Å². The molecule has 0 bridgehead atoms. The summed E-state index contributed by atoms with van der Waals surface area (Å²) in [5.74, 6) is 2.69. The fourth-order valence-electron chi connectivity index (χ4n) is 0.606. The van der Waals surface area contributed by atoms with Crippen LogP contribution in [0.2, 0.25) is 0 Å². The van der Waals surface area contributed by atoms with Gasteiger partial charge in [-0.05, 0) is 6.42 Å². The van der Waals surface area contributed by atoms with Crippen LogP contribution in [-0.2, 0) is 4.79 Å². The normalized spacial score (nSPS) is 9.27. The molecule has 0 aromatic carbocycles. The number of nitrogens with one attached hydrogen (secondary N) is 1. The molecule has 1 amide bonds. The second kappa shape index (κ2) is 5.79. The third-order valence-corrected chi connectivity index (χ3v) is 1.32. The quantitative estimate of drug-likeness (QED) is 0.477. The van der Waals surface area contributed by atoms with Gasteiger partial charge in [-0.3, -0.25) is 4.79 Å². The molecule has 0 saturated carbocycles. The predicted octanol–water partition coefficient (Wildman–Crippen LogP) is 1.17. The fraction of sp³-hybridized carbons (Fsp3) is 0.667. The highest BCUT2D eigenvalue weighted by atomic mass is 16.1. The zero-order valence-electron chi connectivity index (χ0n) is 7.18. The van der Waals surface area contributed by atoms with Crippen LogP contribution in [0.5, 0.6) is 0 Å². The molecule has 0 aliphatic carbocycles. The molecule has 0 aromatic heterocycles. The van der Waals surface area contributed by atoms with Crippen molar-refractivity contribution < 1.29 is 4.79 Å². The van der Waals surface area contributed by atoms with Crippen LogP contribution in [0.3, 0.4) is 0 Å². The van der Waals surface area contributed by atoms with E-state index in [-0.39, 0.29) is 11.8 Å². The third-order valence-electron chi connectivity index (χ3n) is 1.32. The van der Waals surface area contributed by atoms with Crippen LogP contribution in [0.25, 0.3) is 0 Å². The van der Waals surface area contributed by atoms with E-state index in [0.717, 1.165) is 12.8 Å². The van der Waals surface area contributed by atoms with Crippen molar-refractivity contribution in [3.05, 3.63) is 0 Å². The molecule has 0 atom stereocenters. The molecule has 11 heavy (non-hydrogen) atoms. The van der Waals surface area contributed by atoms with Gasteiger partial charge in [0.25, 0.3) is 0 Å². The number of carbonyl (C=O) groups is 1. The Morgan fingerprint density at radius 2 is 2.27 bits per heavy atom. The van der Waals surface area contributed by atoms with Gasteiger partial charge >= 0.3 is 0 Å². The monoisotopic (exact) mass is 153 g/mol. The van der Waals surface area contributed by atoms with Crippen molar-refractivity contribution in [2.45, 2.75) is 26.7 Å². The van der Waals surface area contributed by atoms with Gasteiger partial charge in [0.15, 0.2) is 0 Å². The van der Waals surface area contributed by atoms with Gasteiger partial charge in [-0.15, -0.1) is 12.3 Å². The molecule has 0 fully saturated rings. The molecule has 0 spiro atoms. The first-order chi connectivity index (χ1) is 5.18. The zero-order valence-corrected chi connectivity index (χ0v) is 7.18. The molecule has 2 nitrogen and oxygen atoms in total. The molecule has 0 heterocycles. The highest BCUT2D eigenvalue weighted by Gasteiger charge is 2.03. The zero-order chi connectivity index (χ0) is 8.69. The fourth-order valence-corrected chi connectivity index (χ4v) is 0.606. The van der Waals surface area contributed by atoms with E-state index >= 15 is 0 Å². The Labute approximate surface area is 68.4 Å². The highest BCUT2D eigenvalue weighted by Crippen LogP contribution is 1.91. The van der Waals surface area contributed by atoms with Crippen LogP contribution in [0.4, 0.5) is 0 Å². The average Bonchev–Trinajstić information content (AvgIpc) is 1.97. The molecule has 0 radical (unpaired) electrons. The Hall–Kier alpha value is -0.970. The lowest BCUT2D eigenvalue weighted by Crippen LogP contribution is -2.28. The van der Waals surface area contributed by atoms with Crippen molar-refractivity contribution in [2.75, 3.05) is 6.54 Å². The summed E-state index contributed by atoms with van der Waals surface area (Å²) in [6.45, 7) is 4.44. The molecular formula is C9H15NO. The molecule has 0 saturated heterocycles. The predicted molar refractivity (Wildman–Crippen MR) is 45.9 cm³/mol. The van der Waals surface area contributed by atoms with E-state index in [9.17, 15) is 4.79 Å². The van der Waals surface area contributed by atoms with Crippen molar-refractivity contribution >= 4 is 5.91 Å². The van der Waals surface area contributed by atoms with Crippen molar-refractivity contribution in [3.63, 3.8) is 0 Å². The topological polar surface area (TPSA) is 29.1 Å². The molecule has 2 heteroatoms. The number of hydrogen-bond acceptors (Lipinski definition) is 1. The first-order valence-electron chi connectivity index (χ1n) is 3.89. The van der Waals surface area contributed by atoms with Crippen molar-refractivity contribution in [2.24, 2.45) is 5.92 Å². The summed E-state index contributed by atoms with van der Waals surface area (Å²) in [7, 11) is 0. The standard InChI is InChI=1S/C9H15NO/c1-4-5-6-7-10-9(11)8(2)3/h1,8H,5-7H2,2-3H3,(H,10,11). The Balaban J connectivity index is 3.26. The van der Waals surface area contributed by atoms with Gasteiger partial charge in [0.2, 0.25) is 5.91 Å². The smallest absolute Gasteiger partial charge is 0.222 e. The molecule has 0 aromatic rings. The van der Waals surface area contributed by atoms with Crippen LogP contribution in [-0.4, -0.2) is 12.5 Å². The van der Waals surface area contributed by atoms with Gasteiger partial charge in [0, 0.05) is 18.9 Å². The molecule has 0 aliphatic heterocycles. The van der Waals surface area contributed by atoms with E-state index in [1.807, 2.05) is 13.8 Å². The largest absolute Gasteiger partial charge is 0.356 e. The maximum Gasteiger partial charge on any atom is 0.222 e. The summed E-state index contributed by atoms with van der Waals surface area (Å²) in [5.41, 5.74) is 0. The van der Waals surface area contributed by atoms with Gasteiger partial charge in [-0.1, -0.05) is 13.8 Å². The van der Waals surface area contributed by atoms with Gasteiger partial charge in [-0.2, -0.15) is 0 Å². The third kappa shape index (κ3) is 5.47. The minimum Gasteiger partial charge on any atom is -0.356 e. The molecular weight excluding hydrogens is 138 g/mol. The van der Waals surface area contributed by atoms with Crippen molar-refractivity contribution in [3.8, 4) is 12.3 Å². The van der Waals surface area contributed by atoms with Crippen LogP contribution in [0.15, 0.2) is 0 Å². The van der Waals surface area contributed by atoms with Crippen LogP contribution in [0.1, 0.15) is 26.7 Å². The SMILES string of the molecule is C#CCCCNC(=O)C(C)C. The summed E-state index contributed by atoms with van der Waals surface area (Å²) in [6.07, 6.45) is 6.65. The van der Waals surface area contributed by atoms with E-state index in [4.69, 9.17) is 6.42 Å². The number of amides is 1. The average molecular weight is 153 g/mol. The number of hydrogen-bond donors (Lipinski definition) is 1. The lowest BCUT2D eigenvalue weighted by Gasteiger charge is -2.05. The molecule has 0 aliphatic rings. The molecule has 62 valence electrons. The second-order valence-electron chi connectivity index (χ2n) is 2.75. The van der Waals surface area contributed by atoms with Crippen LogP contribution >= 0.6 is 0 Å². The van der Waals surface area contributed by atoms with Gasteiger partial charge in [0.1, 0.15) is 0 Å². The number of unbranched alkanes of at least 4 members (excludes halogenated alkanes) is 1. The summed E-state index contributed by atoms with van der Waals surface area (Å²) < 4.78 is 0. The number of rotatable bonds is 4. The van der Waals surface area contributed by atoms with E-state index in [1.165, 1.54) is 0 Å². The van der Waals surface area contributed by atoms with Gasteiger partial charge in [-0.25, -0.2) is 0 Å². The van der Waals surface area contributed by atoms with Crippen LogP contribution < -0.4 is 5.32 Å². The van der Waals surface area contributed by atoms with Crippen molar-refractivity contribution in [1.82, 2.24) is 5.32 Å². The highest BCUT2D eigenvalue weighted by molar-refractivity contribution is 5.77. The van der Waals surface area contributed by atoms with E-state index in [0.29, 0.717) is 6.54 Å². The Bertz CT molecular complexity index is 155. The Morgan fingerprint density at radius 1 is 1.64 bits per heavy atom. The molecule has 0 unspecified atom stereocenters. The first-order valence-corrected chi connectivity index (χ1v) is 3.89. The van der Waals surface area contributed by atoms with E-state index in [2.05, 4.69) is 11.2 Å². The van der Waals surface area contributed by atoms with E-state index in [1.54, 1.807) is 0 Å². The summed E-state index contributed by atoms with van der Waals surface area (Å²) in [4.78, 5) is 10.9. The summed E-state index contributed by atoms with van der Waals surface area (Å²) >= 11 is 0. The first kappa shape index (κ1) is 10.0. The van der Waals surface area contributed by atoms with Crippen LogP contribution in [0, 0.1) is 18.3 Å². The maximum absolute atomic E-state index is 10.9. The minimum atomic E-state index is 0.0702. The van der Waals surface area contributed by atoms with Crippen molar-refractivity contribution in [1.29, 1.82) is 0 Å². The summed E-state index contributed by atoms with van der Waals surface area (Å²) in [6, 6.07) is 0. The van der Waals surface area contributed by atoms with Gasteiger partial charge < -0.3 is 5.32 Å². The van der Waals surface area contributed by atoms with Gasteiger partial charge in [0.05, 0.1) is 0 Å². The second-order valence-corrected chi connectivity index (χ2v) is 2.75. The molecule has 1 N–H and O–H groups in total. The maximum atomic E-state index is 10.9. The lowest BCUT2D eigenvalue weighted by molar-refractivity contribution is -0.123. The summed E-state index contributed by atoms with van der Waals surface area (Å²) in [5, 5.41) is 2.78. The Kier molecular flexibility index (Phi) is 5.28. The Morgan fingerprint density at radius 3 is 2.73 bits per heavy atom.